The zero-order valence-electron chi connectivity index (χ0n) is 11.5. The van der Waals surface area contributed by atoms with Gasteiger partial charge in [0.25, 0.3) is 0 Å². The second-order valence-corrected chi connectivity index (χ2v) is 6.08. The Morgan fingerprint density at radius 2 is 1.90 bits per heavy atom. The van der Waals surface area contributed by atoms with Crippen molar-refractivity contribution in [2.75, 3.05) is 18.5 Å². The first-order valence-electron chi connectivity index (χ1n) is 6.89. The summed E-state index contributed by atoms with van der Waals surface area (Å²) < 4.78 is 18.4. The molecule has 2 heterocycles. The highest BCUT2D eigenvalue weighted by atomic mass is 32.1. The topological polar surface area (TPSA) is 38.3 Å². The number of hydrogen-bond donors (Lipinski definition) is 1. The van der Waals surface area contributed by atoms with E-state index in [1.807, 2.05) is 17.5 Å². The number of carbonyl (C=O) groups is 1. The summed E-state index contributed by atoms with van der Waals surface area (Å²) >= 11 is 1.59. The molecule has 1 aliphatic rings. The Morgan fingerprint density at radius 3 is 2.52 bits per heavy atom. The summed E-state index contributed by atoms with van der Waals surface area (Å²) in [4.78, 5) is 13.9. The lowest BCUT2D eigenvalue weighted by molar-refractivity contribution is -0.125. The Balaban J connectivity index is 1.86. The molecule has 1 saturated heterocycles. The van der Waals surface area contributed by atoms with Crippen LogP contribution in [0.3, 0.4) is 0 Å². The number of ether oxygens (including phenoxy) is 1. The van der Waals surface area contributed by atoms with Gasteiger partial charge in [-0.2, -0.15) is 0 Å². The predicted octanol–water partition coefficient (Wildman–Crippen LogP) is 3.57. The average molecular weight is 305 g/mol. The van der Waals surface area contributed by atoms with Crippen LogP contribution in [0.15, 0.2) is 41.8 Å². The first-order chi connectivity index (χ1) is 10.2. The Bertz CT molecular complexity index is 604. The third-order valence-electron chi connectivity index (χ3n) is 3.88. The molecule has 0 spiro atoms. The fraction of sp³-hybridized carbons (Fsp3) is 0.312. The van der Waals surface area contributed by atoms with Gasteiger partial charge >= 0.3 is 0 Å². The van der Waals surface area contributed by atoms with E-state index in [4.69, 9.17) is 4.74 Å². The molecule has 0 atom stereocenters. The van der Waals surface area contributed by atoms with E-state index in [0.717, 1.165) is 4.88 Å². The van der Waals surface area contributed by atoms with Crippen molar-refractivity contribution in [2.24, 2.45) is 0 Å². The van der Waals surface area contributed by atoms with Gasteiger partial charge in [-0.15, -0.1) is 11.3 Å². The molecular weight excluding hydrogens is 289 g/mol. The molecule has 1 fully saturated rings. The van der Waals surface area contributed by atoms with E-state index in [1.54, 1.807) is 23.5 Å². The zero-order valence-corrected chi connectivity index (χ0v) is 12.3. The lowest BCUT2D eigenvalue weighted by Gasteiger charge is -2.35. The molecule has 1 aromatic heterocycles. The van der Waals surface area contributed by atoms with Crippen molar-refractivity contribution in [3.8, 4) is 0 Å². The van der Waals surface area contributed by atoms with Crippen LogP contribution in [0.4, 0.5) is 10.1 Å². The number of carbonyl (C=O) groups excluding carboxylic acids is 1. The van der Waals surface area contributed by atoms with Crippen molar-refractivity contribution < 1.29 is 13.9 Å². The maximum absolute atomic E-state index is 12.9. The number of amides is 1. The Kier molecular flexibility index (Phi) is 4.03. The quantitative estimate of drug-likeness (QED) is 0.941. The third kappa shape index (κ3) is 2.84. The highest BCUT2D eigenvalue weighted by molar-refractivity contribution is 7.10. The number of benzene rings is 1. The van der Waals surface area contributed by atoms with E-state index in [0.29, 0.717) is 31.7 Å². The van der Waals surface area contributed by atoms with Gasteiger partial charge in [-0.25, -0.2) is 4.39 Å². The minimum Gasteiger partial charge on any atom is -0.381 e. The highest BCUT2D eigenvalue weighted by Crippen LogP contribution is 2.38. The maximum atomic E-state index is 12.9. The van der Waals surface area contributed by atoms with Gasteiger partial charge in [0, 0.05) is 23.8 Å². The standard InChI is InChI=1S/C16H16FNO2S/c17-12-3-5-13(6-4-12)18-15(19)16(7-9-20-10-8-16)14-2-1-11-21-14/h1-6,11H,7-10H2,(H,18,19). The molecule has 21 heavy (non-hydrogen) atoms. The minimum absolute atomic E-state index is 0.0418. The molecule has 1 amide bonds. The fourth-order valence-corrected chi connectivity index (χ4v) is 3.62. The van der Waals surface area contributed by atoms with E-state index < -0.39 is 5.41 Å². The van der Waals surface area contributed by atoms with Crippen LogP contribution in [0, 0.1) is 5.82 Å². The normalized spacial score (nSPS) is 17.4. The smallest absolute Gasteiger partial charge is 0.236 e. The van der Waals surface area contributed by atoms with Crippen LogP contribution in [0.2, 0.25) is 0 Å². The molecule has 5 heteroatoms. The monoisotopic (exact) mass is 305 g/mol. The zero-order chi connectivity index (χ0) is 14.7. The van der Waals surface area contributed by atoms with E-state index in [9.17, 15) is 9.18 Å². The van der Waals surface area contributed by atoms with E-state index in [2.05, 4.69) is 5.32 Å². The molecule has 2 aromatic rings. The predicted molar refractivity (Wildman–Crippen MR) is 81.1 cm³/mol. The number of rotatable bonds is 3. The molecule has 1 aromatic carbocycles. The lowest BCUT2D eigenvalue weighted by atomic mass is 9.78. The summed E-state index contributed by atoms with van der Waals surface area (Å²) in [5.41, 5.74) is 0.0738. The second kappa shape index (κ2) is 5.95. The van der Waals surface area contributed by atoms with E-state index >= 15 is 0 Å². The fourth-order valence-electron chi connectivity index (χ4n) is 2.64. The van der Waals surface area contributed by atoms with E-state index in [-0.39, 0.29) is 11.7 Å². The van der Waals surface area contributed by atoms with E-state index in [1.165, 1.54) is 12.1 Å². The average Bonchev–Trinajstić information content (AvgIpc) is 3.05. The summed E-state index contributed by atoms with van der Waals surface area (Å²) in [6.07, 6.45) is 1.33. The van der Waals surface area contributed by atoms with Crippen LogP contribution in [-0.4, -0.2) is 19.1 Å². The number of thiophene rings is 1. The summed E-state index contributed by atoms with van der Waals surface area (Å²) in [7, 11) is 0. The molecule has 1 aliphatic heterocycles. The Hall–Kier alpha value is -1.72. The van der Waals surface area contributed by atoms with Crippen molar-refractivity contribution in [2.45, 2.75) is 18.3 Å². The van der Waals surface area contributed by atoms with Gasteiger partial charge in [-0.3, -0.25) is 4.79 Å². The van der Waals surface area contributed by atoms with Crippen molar-refractivity contribution >= 4 is 22.9 Å². The summed E-state index contributed by atoms with van der Waals surface area (Å²) in [5.74, 6) is -0.355. The maximum Gasteiger partial charge on any atom is 0.236 e. The van der Waals surface area contributed by atoms with Gasteiger partial charge in [-0.05, 0) is 48.6 Å². The molecular formula is C16H16FNO2S. The summed E-state index contributed by atoms with van der Waals surface area (Å²) in [6.45, 7) is 1.16. The number of halogens is 1. The lowest BCUT2D eigenvalue weighted by Crippen LogP contribution is -2.44. The molecule has 0 bridgehead atoms. The first kappa shape index (κ1) is 14.2. The highest BCUT2D eigenvalue weighted by Gasteiger charge is 2.42. The van der Waals surface area contributed by atoms with Gasteiger partial charge < -0.3 is 10.1 Å². The van der Waals surface area contributed by atoms with Crippen molar-refractivity contribution in [3.05, 3.63) is 52.5 Å². The Labute approximate surface area is 126 Å². The third-order valence-corrected chi connectivity index (χ3v) is 4.95. The number of anilines is 1. The molecule has 0 unspecified atom stereocenters. The molecule has 3 rings (SSSR count). The summed E-state index contributed by atoms with van der Waals surface area (Å²) in [5, 5.41) is 4.90. The molecule has 0 aliphatic carbocycles. The van der Waals surface area contributed by atoms with Crippen LogP contribution < -0.4 is 5.32 Å². The van der Waals surface area contributed by atoms with Gasteiger partial charge in [0.15, 0.2) is 0 Å². The Morgan fingerprint density at radius 1 is 1.19 bits per heavy atom. The molecule has 0 radical (unpaired) electrons. The van der Waals surface area contributed by atoms with Gasteiger partial charge in [0.05, 0.1) is 5.41 Å². The van der Waals surface area contributed by atoms with Crippen LogP contribution in [0.1, 0.15) is 17.7 Å². The minimum atomic E-state index is -0.541. The van der Waals surface area contributed by atoms with Crippen molar-refractivity contribution in [3.63, 3.8) is 0 Å². The van der Waals surface area contributed by atoms with Gasteiger partial charge in [-0.1, -0.05) is 6.07 Å². The number of hydrogen-bond acceptors (Lipinski definition) is 3. The van der Waals surface area contributed by atoms with Crippen LogP contribution in [0.5, 0.6) is 0 Å². The van der Waals surface area contributed by atoms with Crippen LogP contribution in [0.25, 0.3) is 0 Å². The SMILES string of the molecule is O=C(Nc1ccc(F)cc1)C1(c2cccs2)CCOCC1. The van der Waals surface area contributed by atoms with Gasteiger partial charge in [0.2, 0.25) is 5.91 Å². The molecule has 0 saturated carbocycles. The van der Waals surface area contributed by atoms with Crippen LogP contribution >= 0.6 is 11.3 Å². The molecule has 3 nitrogen and oxygen atoms in total. The second-order valence-electron chi connectivity index (χ2n) is 5.13. The largest absolute Gasteiger partial charge is 0.381 e. The van der Waals surface area contributed by atoms with Gasteiger partial charge in [0.1, 0.15) is 5.82 Å². The first-order valence-corrected chi connectivity index (χ1v) is 7.77. The molecule has 1 N–H and O–H groups in total. The van der Waals surface area contributed by atoms with Crippen molar-refractivity contribution in [1.29, 1.82) is 0 Å². The summed E-state index contributed by atoms with van der Waals surface area (Å²) in [6, 6.07) is 9.81. The molecule has 110 valence electrons. The van der Waals surface area contributed by atoms with Crippen molar-refractivity contribution in [1.82, 2.24) is 0 Å². The number of nitrogens with one attached hydrogen (secondary N) is 1. The van der Waals surface area contributed by atoms with Crippen LogP contribution in [-0.2, 0) is 14.9 Å².